The number of nitrogens with one attached hydrogen (secondary N) is 1. The second-order valence-corrected chi connectivity index (χ2v) is 6.10. The molecule has 0 radical (unpaired) electrons. The number of hydrogen-bond acceptors (Lipinski definition) is 5. The van der Waals surface area contributed by atoms with Crippen LogP contribution >= 0.6 is 0 Å². The third-order valence-electron chi connectivity index (χ3n) is 4.00. The van der Waals surface area contributed by atoms with Crippen molar-refractivity contribution < 1.29 is 27.8 Å². The summed E-state index contributed by atoms with van der Waals surface area (Å²) in [5.41, 5.74) is 0.369. The van der Waals surface area contributed by atoms with Crippen LogP contribution in [0.3, 0.4) is 0 Å². The highest BCUT2D eigenvalue weighted by molar-refractivity contribution is 5.87. The third-order valence-corrected chi connectivity index (χ3v) is 4.00. The lowest BCUT2D eigenvalue weighted by atomic mass is 10.1. The Kier molecular flexibility index (Phi) is 5.88. The number of aliphatic hydroxyl groups excluding tert-OH is 1. The number of fused-ring (bicyclic) bond motifs is 1. The molecular formula is C21H14F3N3O3. The Morgan fingerprint density at radius 2 is 2.00 bits per heavy atom. The Labute approximate surface area is 168 Å². The molecule has 6 nitrogen and oxygen atoms in total. The van der Waals surface area contributed by atoms with E-state index in [0.717, 1.165) is 24.3 Å². The van der Waals surface area contributed by atoms with Crippen molar-refractivity contribution in [3.05, 3.63) is 77.3 Å². The predicted octanol–water partition coefficient (Wildman–Crippen LogP) is 4.63. The van der Waals surface area contributed by atoms with Gasteiger partial charge in [0.2, 0.25) is 0 Å². The normalized spacial score (nSPS) is 12.6. The molecule has 2 aromatic carbocycles. The molecule has 1 heterocycles. The number of ether oxygens (including phenoxy) is 1. The standard InChI is InChI=1S/C21H14F3N3O3/c22-21(23,24)14-5-3-4-13(10-14)8-9-19(29)30-12-18(28)15(11-25)20-26-16-6-1-2-7-17(16)27-20/h1-10,28H,12H2,(H,26,27). The Balaban J connectivity index is 1.68. The molecule has 2 N–H and O–H groups in total. The van der Waals surface area contributed by atoms with Crippen molar-refractivity contribution in [3.8, 4) is 6.07 Å². The number of carbonyl (C=O) groups is 1. The first-order valence-corrected chi connectivity index (χ1v) is 8.57. The number of hydrogen-bond donors (Lipinski definition) is 2. The average molecular weight is 413 g/mol. The van der Waals surface area contributed by atoms with Crippen LogP contribution in [0.15, 0.2) is 60.4 Å². The summed E-state index contributed by atoms with van der Waals surface area (Å²) in [6, 6.07) is 13.2. The van der Waals surface area contributed by atoms with Gasteiger partial charge in [-0.05, 0) is 35.9 Å². The zero-order chi connectivity index (χ0) is 21.7. The van der Waals surface area contributed by atoms with Gasteiger partial charge in [0.15, 0.2) is 11.6 Å². The van der Waals surface area contributed by atoms with E-state index in [0.29, 0.717) is 11.0 Å². The minimum absolute atomic E-state index is 0.117. The van der Waals surface area contributed by atoms with Crippen molar-refractivity contribution in [3.63, 3.8) is 0 Å². The molecule has 9 heteroatoms. The van der Waals surface area contributed by atoms with Crippen molar-refractivity contribution >= 4 is 28.7 Å². The minimum atomic E-state index is -4.49. The summed E-state index contributed by atoms with van der Waals surface area (Å²) in [7, 11) is 0. The maximum Gasteiger partial charge on any atom is 0.416 e. The number of benzene rings is 2. The molecule has 0 aliphatic rings. The van der Waals surface area contributed by atoms with Crippen LogP contribution in [-0.4, -0.2) is 27.7 Å². The van der Waals surface area contributed by atoms with Gasteiger partial charge in [0.1, 0.15) is 18.2 Å². The van der Waals surface area contributed by atoms with E-state index in [1.807, 2.05) is 0 Å². The fourth-order valence-corrected chi connectivity index (χ4v) is 2.57. The number of imidazole rings is 1. The molecule has 0 atom stereocenters. The molecule has 0 saturated carbocycles. The molecular weight excluding hydrogens is 399 g/mol. The summed E-state index contributed by atoms with van der Waals surface area (Å²) in [6.07, 6.45) is -2.41. The monoisotopic (exact) mass is 413 g/mol. The van der Waals surface area contributed by atoms with E-state index in [-0.39, 0.29) is 17.0 Å². The molecule has 0 spiro atoms. The summed E-state index contributed by atoms with van der Waals surface area (Å²) < 4.78 is 43.0. The molecule has 0 aliphatic carbocycles. The van der Waals surface area contributed by atoms with E-state index < -0.39 is 30.1 Å². The topological polar surface area (TPSA) is 99.0 Å². The van der Waals surface area contributed by atoms with Gasteiger partial charge in [-0.3, -0.25) is 0 Å². The average Bonchev–Trinajstić information content (AvgIpc) is 3.14. The van der Waals surface area contributed by atoms with E-state index in [2.05, 4.69) is 9.97 Å². The molecule has 152 valence electrons. The molecule has 3 aromatic rings. The number of H-pyrrole nitrogens is 1. The zero-order valence-electron chi connectivity index (χ0n) is 15.3. The number of halogens is 3. The van der Waals surface area contributed by atoms with Gasteiger partial charge in [0.25, 0.3) is 0 Å². The number of nitriles is 1. The van der Waals surface area contributed by atoms with Crippen LogP contribution in [0.2, 0.25) is 0 Å². The third kappa shape index (κ3) is 4.86. The number of rotatable bonds is 5. The van der Waals surface area contributed by atoms with Crippen molar-refractivity contribution in [1.29, 1.82) is 5.26 Å². The molecule has 3 rings (SSSR count). The Morgan fingerprint density at radius 3 is 2.70 bits per heavy atom. The van der Waals surface area contributed by atoms with Crippen LogP contribution in [-0.2, 0) is 15.7 Å². The number of aromatic nitrogens is 2. The predicted molar refractivity (Wildman–Crippen MR) is 103 cm³/mol. The zero-order valence-corrected chi connectivity index (χ0v) is 15.3. The molecule has 0 unspecified atom stereocenters. The number of alkyl halides is 3. The highest BCUT2D eigenvalue weighted by Crippen LogP contribution is 2.29. The largest absolute Gasteiger partial charge is 0.507 e. The van der Waals surface area contributed by atoms with E-state index in [4.69, 9.17) is 4.74 Å². The van der Waals surface area contributed by atoms with Crippen LogP contribution in [0.5, 0.6) is 0 Å². The first-order valence-electron chi connectivity index (χ1n) is 8.57. The van der Waals surface area contributed by atoms with Crippen molar-refractivity contribution in [2.45, 2.75) is 6.18 Å². The van der Waals surface area contributed by atoms with Gasteiger partial charge < -0.3 is 14.8 Å². The first kappa shape index (κ1) is 20.7. The van der Waals surface area contributed by atoms with Crippen molar-refractivity contribution in [2.75, 3.05) is 6.61 Å². The van der Waals surface area contributed by atoms with Crippen molar-refractivity contribution in [2.24, 2.45) is 0 Å². The molecule has 0 amide bonds. The lowest BCUT2D eigenvalue weighted by Crippen LogP contribution is -2.07. The highest BCUT2D eigenvalue weighted by atomic mass is 19.4. The summed E-state index contributed by atoms with van der Waals surface area (Å²) >= 11 is 0. The summed E-state index contributed by atoms with van der Waals surface area (Å²) in [6.45, 7) is -0.605. The maximum atomic E-state index is 12.7. The Bertz CT molecular complexity index is 1150. The summed E-state index contributed by atoms with van der Waals surface area (Å²) in [4.78, 5) is 18.9. The summed E-state index contributed by atoms with van der Waals surface area (Å²) in [5, 5.41) is 19.4. The second kappa shape index (κ2) is 8.53. The number of esters is 1. The Morgan fingerprint density at radius 1 is 1.23 bits per heavy atom. The van der Waals surface area contributed by atoms with Gasteiger partial charge in [0.05, 0.1) is 16.6 Å². The highest BCUT2D eigenvalue weighted by Gasteiger charge is 2.30. The lowest BCUT2D eigenvalue weighted by molar-refractivity contribution is -0.138. The molecule has 1 aromatic heterocycles. The number of aliphatic hydroxyl groups is 1. The fraction of sp³-hybridized carbons (Fsp3) is 0.0952. The van der Waals surface area contributed by atoms with E-state index in [9.17, 15) is 28.3 Å². The lowest BCUT2D eigenvalue weighted by Gasteiger charge is -2.06. The van der Waals surface area contributed by atoms with Gasteiger partial charge in [-0.25, -0.2) is 9.78 Å². The van der Waals surface area contributed by atoms with E-state index in [1.54, 1.807) is 30.3 Å². The minimum Gasteiger partial charge on any atom is -0.507 e. The van der Waals surface area contributed by atoms with Gasteiger partial charge in [-0.1, -0.05) is 24.3 Å². The molecule has 0 aliphatic heterocycles. The van der Waals surface area contributed by atoms with Crippen LogP contribution in [0.1, 0.15) is 17.0 Å². The number of para-hydroxylation sites is 2. The number of carbonyl (C=O) groups excluding carboxylic acids is 1. The first-order chi connectivity index (χ1) is 14.3. The molecule has 0 fully saturated rings. The maximum absolute atomic E-state index is 12.7. The second-order valence-electron chi connectivity index (χ2n) is 6.10. The van der Waals surface area contributed by atoms with Gasteiger partial charge in [0, 0.05) is 6.08 Å². The Hall–Kier alpha value is -4.06. The molecule has 0 saturated heterocycles. The smallest absolute Gasteiger partial charge is 0.416 e. The van der Waals surface area contributed by atoms with E-state index in [1.165, 1.54) is 12.1 Å². The number of allylic oxidation sites excluding steroid dienone is 1. The van der Waals surface area contributed by atoms with Crippen LogP contribution in [0.4, 0.5) is 13.2 Å². The quantitative estimate of drug-likeness (QED) is 0.275. The number of aromatic amines is 1. The van der Waals surface area contributed by atoms with Gasteiger partial charge in [-0.2, -0.15) is 18.4 Å². The van der Waals surface area contributed by atoms with Crippen LogP contribution < -0.4 is 0 Å². The molecule has 0 bridgehead atoms. The number of nitrogens with zero attached hydrogens (tertiary/aromatic N) is 2. The SMILES string of the molecule is N#CC(=C(O)COC(=O)C=Cc1cccc(C(F)(F)F)c1)c1nc2ccccc2[nH]1. The van der Waals surface area contributed by atoms with Crippen LogP contribution in [0, 0.1) is 11.3 Å². The van der Waals surface area contributed by atoms with Crippen molar-refractivity contribution in [1.82, 2.24) is 9.97 Å². The summed E-state index contributed by atoms with van der Waals surface area (Å²) in [5.74, 6) is -1.30. The fourth-order valence-electron chi connectivity index (χ4n) is 2.57. The van der Waals surface area contributed by atoms with Crippen LogP contribution in [0.25, 0.3) is 22.7 Å². The van der Waals surface area contributed by atoms with Gasteiger partial charge >= 0.3 is 12.1 Å². The van der Waals surface area contributed by atoms with E-state index >= 15 is 0 Å². The molecule has 30 heavy (non-hydrogen) atoms. The van der Waals surface area contributed by atoms with Gasteiger partial charge in [-0.15, -0.1) is 0 Å².